The summed E-state index contributed by atoms with van der Waals surface area (Å²) < 4.78 is 0. The molecular weight excluding hydrogens is 236 g/mol. The molecule has 0 aromatic carbocycles. The third kappa shape index (κ3) is 1.67. The first kappa shape index (κ1) is 12.0. The van der Waals surface area contributed by atoms with Crippen LogP contribution in [-0.4, -0.2) is 27.9 Å². The third-order valence-corrected chi connectivity index (χ3v) is 2.83. The minimum atomic E-state index is -1.14. The highest BCUT2D eigenvalue weighted by Crippen LogP contribution is 2.25. The van der Waals surface area contributed by atoms with Gasteiger partial charge in [0.15, 0.2) is 0 Å². The van der Waals surface area contributed by atoms with Gasteiger partial charge in [0.25, 0.3) is 11.8 Å². The molecule has 0 unspecified atom stereocenters. The van der Waals surface area contributed by atoms with Crippen molar-refractivity contribution in [3.05, 3.63) is 35.0 Å². The van der Waals surface area contributed by atoms with Crippen LogP contribution in [0, 0.1) is 0 Å². The van der Waals surface area contributed by atoms with Gasteiger partial charge in [-0.3, -0.25) is 9.59 Å². The maximum atomic E-state index is 11.9. The summed E-state index contributed by atoms with van der Waals surface area (Å²) in [5.41, 5.74) is 0.674. The maximum Gasteiger partial charge on any atom is 0.335 e. The summed E-state index contributed by atoms with van der Waals surface area (Å²) in [5.74, 6) is -2.04. The van der Waals surface area contributed by atoms with Crippen LogP contribution in [0.3, 0.4) is 0 Å². The molecule has 0 aliphatic carbocycles. The Hall–Kier alpha value is -2.50. The summed E-state index contributed by atoms with van der Waals surface area (Å²) in [6, 6.07) is 2.49. The number of anilines is 1. The van der Waals surface area contributed by atoms with Crippen LogP contribution in [0.2, 0.25) is 0 Å². The van der Waals surface area contributed by atoms with Crippen molar-refractivity contribution in [3.8, 4) is 0 Å². The minimum absolute atomic E-state index is 0.0252. The van der Waals surface area contributed by atoms with Crippen molar-refractivity contribution in [2.45, 2.75) is 13.8 Å². The number of aromatic carboxylic acids is 1. The molecule has 1 aliphatic rings. The zero-order valence-corrected chi connectivity index (χ0v) is 9.80. The molecule has 18 heavy (non-hydrogen) atoms. The molecule has 0 bridgehead atoms. The van der Waals surface area contributed by atoms with Crippen LogP contribution < -0.4 is 4.90 Å². The van der Waals surface area contributed by atoms with Crippen molar-refractivity contribution < 1.29 is 19.5 Å². The molecule has 92 valence electrons. The Kier molecular flexibility index (Phi) is 2.70. The zero-order chi connectivity index (χ0) is 13.4. The van der Waals surface area contributed by atoms with Gasteiger partial charge in [-0.15, -0.1) is 0 Å². The Bertz CT molecular complexity index is 580. The number of aromatic nitrogens is 1. The highest BCUT2D eigenvalue weighted by Gasteiger charge is 2.35. The Morgan fingerprint density at radius 2 is 1.78 bits per heavy atom. The number of carbonyl (C=O) groups is 3. The lowest BCUT2D eigenvalue weighted by Crippen LogP contribution is -2.32. The van der Waals surface area contributed by atoms with Crippen molar-refractivity contribution >= 4 is 23.6 Å². The highest BCUT2D eigenvalue weighted by atomic mass is 16.4. The zero-order valence-electron chi connectivity index (χ0n) is 9.80. The van der Waals surface area contributed by atoms with Gasteiger partial charge in [0.05, 0.1) is 5.56 Å². The average Bonchev–Trinajstić information content (AvgIpc) is 2.54. The Morgan fingerprint density at radius 1 is 1.22 bits per heavy atom. The number of pyridine rings is 1. The smallest absolute Gasteiger partial charge is 0.335 e. The molecule has 0 saturated carbocycles. The Labute approximate surface area is 103 Å². The van der Waals surface area contributed by atoms with Crippen LogP contribution in [0.4, 0.5) is 5.82 Å². The summed E-state index contributed by atoms with van der Waals surface area (Å²) >= 11 is 0. The summed E-state index contributed by atoms with van der Waals surface area (Å²) in [7, 11) is 0. The van der Waals surface area contributed by atoms with E-state index in [1.165, 1.54) is 18.3 Å². The van der Waals surface area contributed by atoms with Gasteiger partial charge in [-0.1, -0.05) is 0 Å². The monoisotopic (exact) mass is 246 g/mol. The van der Waals surface area contributed by atoms with Crippen LogP contribution in [0.15, 0.2) is 29.5 Å². The Morgan fingerprint density at radius 3 is 2.28 bits per heavy atom. The molecule has 2 rings (SSSR count). The molecule has 6 heteroatoms. The molecule has 0 spiro atoms. The van der Waals surface area contributed by atoms with Crippen LogP contribution >= 0.6 is 0 Å². The second kappa shape index (κ2) is 4.06. The first-order chi connectivity index (χ1) is 8.43. The number of imide groups is 1. The van der Waals surface area contributed by atoms with Crippen molar-refractivity contribution in [1.29, 1.82) is 0 Å². The topological polar surface area (TPSA) is 87.6 Å². The molecule has 1 aromatic rings. The van der Waals surface area contributed by atoms with E-state index in [1.807, 2.05) is 0 Å². The van der Waals surface area contributed by atoms with Gasteiger partial charge >= 0.3 is 5.97 Å². The lowest BCUT2D eigenvalue weighted by atomic mass is 10.2. The van der Waals surface area contributed by atoms with Crippen molar-refractivity contribution in [2.24, 2.45) is 0 Å². The van der Waals surface area contributed by atoms with Crippen molar-refractivity contribution in [3.63, 3.8) is 0 Å². The summed E-state index contributed by atoms with van der Waals surface area (Å²) in [4.78, 5) is 39.3. The van der Waals surface area contributed by atoms with Crippen LogP contribution in [0.5, 0.6) is 0 Å². The quantitative estimate of drug-likeness (QED) is 0.786. The SMILES string of the molecule is CC1=C(C)C(=O)N(c2cc(C(=O)O)ccn2)C1=O. The second-order valence-electron chi connectivity index (χ2n) is 3.90. The number of amides is 2. The van der Waals surface area contributed by atoms with Crippen LogP contribution in [-0.2, 0) is 9.59 Å². The molecule has 6 nitrogen and oxygen atoms in total. The van der Waals surface area contributed by atoms with Crippen LogP contribution in [0.25, 0.3) is 0 Å². The summed E-state index contributed by atoms with van der Waals surface area (Å²) in [5, 5.41) is 8.86. The number of nitrogens with zero attached hydrogens (tertiary/aromatic N) is 2. The van der Waals surface area contributed by atoms with Crippen molar-refractivity contribution in [2.75, 3.05) is 4.90 Å². The highest BCUT2D eigenvalue weighted by molar-refractivity contribution is 6.32. The number of hydrogen-bond acceptors (Lipinski definition) is 4. The molecule has 1 aromatic heterocycles. The fraction of sp³-hybridized carbons (Fsp3) is 0.167. The molecule has 0 atom stereocenters. The first-order valence-corrected chi connectivity index (χ1v) is 5.19. The van der Waals surface area contributed by atoms with Gasteiger partial charge < -0.3 is 5.11 Å². The number of carboxylic acid groups (broad SMARTS) is 1. The Balaban J connectivity index is 2.46. The predicted octanol–water partition coefficient (Wildman–Crippen LogP) is 0.989. The molecule has 1 N–H and O–H groups in total. The van der Waals surface area contributed by atoms with Gasteiger partial charge in [0.2, 0.25) is 0 Å². The molecular formula is C12H10N2O4. The number of rotatable bonds is 2. The van der Waals surface area contributed by atoms with E-state index >= 15 is 0 Å². The lowest BCUT2D eigenvalue weighted by Gasteiger charge is -2.13. The third-order valence-electron chi connectivity index (χ3n) is 2.83. The van der Waals surface area contributed by atoms with E-state index in [1.54, 1.807) is 13.8 Å². The largest absolute Gasteiger partial charge is 0.478 e. The fourth-order valence-electron chi connectivity index (χ4n) is 1.63. The number of carboxylic acids is 1. The van der Waals surface area contributed by atoms with Crippen molar-refractivity contribution in [1.82, 2.24) is 4.98 Å². The molecule has 2 heterocycles. The molecule has 0 fully saturated rings. The maximum absolute atomic E-state index is 11.9. The molecule has 0 radical (unpaired) electrons. The molecule has 1 aliphatic heterocycles. The summed E-state index contributed by atoms with van der Waals surface area (Å²) in [6.07, 6.45) is 1.25. The first-order valence-electron chi connectivity index (χ1n) is 5.19. The van der Waals surface area contributed by atoms with E-state index in [-0.39, 0.29) is 11.4 Å². The van der Waals surface area contributed by atoms with Gasteiger partial charge in [0, 0.05) is 17.3 Å². The standard InChI is InChI=1S/C12H10N2O4/c1-6-7(2)11(16)14(10(6)15)9-5-8(12(17)18)3-4-13-9/h3-5H,1-2H3,(H,17,18). The average molecular weight is 246 g/mol. The normalized spacial score (nSPS) is 15.6. The fourth-order valence-corrected chi connectivity index (χ4v) is 1.63. The van der Waals surface area contributed by atoms with E-state index < -0.39 is 17.8 Å². The second-order valence-corrected chi connectivity index (χ2v) is 3.90. The van der Waals surface area contributed by atoms with E-state index in [0.29, 0.717) is 11.1 Å². The lowest BCUT2D eigenvalue weighted by molar-refractivity contribution is -0.120. The van der Waals surface area contributed by atoms with Gasteiger partial charge in [-0.2, -0.15) is 0 Å². The number of hydrogen-bond donors (Lipinski definition) is 1. The summed E-state index contributed by atoms with van der Waals surface area (Å²) in [6.45, 7) is 3.10. The van der Waals surface area contributed by atoms with E-state index in [0.717, 1.165) is 4.90 Å². The minimum Gasteiger partial charge on any atom is -0.478 e. The number of carbonyl (C=O) groups excluding carboxylic acids is 2. The van der Waals surface area contributed by atoms with Crippen LogP contribution in [0.1, 0.15) is 24.2 Å². The van der Waals surface area contributed by atoms with Gasteiger partial charge in [0.1, 0.15) is 5.82 Å². The van der Waals surface area contributed by atoms with E-state index in [2.05, 4.69) is 4.98 Å². The predicted molar refractivity (Wildman–Crippen MR) is 62.1 cm³/mol. The van der Waals surface area contributed by atoms with E-state index in [9.17, 15) is 14.4 Å². The van der Waals surface area contributed by atoms with E-state index in [4.69, 9.17) is 5.11 Å². The van der Waals surface area contributed by atoms with Gasteiger partial charge in [-0.05, 0) is 26.0 Å². The molecule has 0 saturated heterocycles. The van der Waals surface area contributed by atoms with Gasteiger partial charge in [-0.25, -0.2) is 14.7 Å². The molecule has 2 amide bonds.